The van der Waals surface area contributed by atoms with E-state index >= 15 is 0 Å². The normalized spacial score (nSPS) is 16.0. The van der Waals surface area contributed by atoms with Gasteiger partial charge in [-0.05, 0) is 62.8 Å². The van der Waals surface area contributed by atoms with Gasteiger partial charge >= 0.3 is 0 Å². The van der Waals surface area contributed by atoms with E-state index in [0.29, 0.717) is 16.5 Å². The topological polar surface area (TPSA) is 57.6 Å². The number of carbonyl (C=O) groups is 2. The van der Waals surface area contributed by atoms with Crippen LogP contribution in [0.5, 0.6) is 0 Å². The average Bonchev–Trinajstić information content (AvgIpc) is 3.14. The van der Waals surface area contributed by atoms with E-state index in [-0.39, 0.29) is 17.8 Å². The van der Waals surface area contributed by atoms with E-state index in [0.717, 1.165) is 48.7 Å². The SMILES string of the molecule is CC1CC=C(C(=O)N(c2cc(-c3ccc(F)cc3)sc2C=O)C(C)C)CC1.CO. The monoisotopic (exact) mass is 417 g/mol. The summed E-state index contributed by atoms with van der Waals surface area (Å²) in [5.74, 6) is 0.276. The van der Waals surface area contributed by atoms with E-state index in [1.165, 1.54) is 23.5 Å². The molecule has 0 bridgehead atoms. The van der Waals surface area contributed by atoms with Gasteiger partial charge in [0.25, 0.3) is 5.91 Å². The van der Waals surface area contributed by atoms with E-state index in [4.69, 9.17) is 5.11 Å². The number of amides is 1. The third-order valence-electron chi connectivity index (χ3n) is 4.92. The van der Waals surface area contributed by atoms with Crippen LogP contribution in [0.1, 0.15) is 49.7 Å². The Morgan fingerprint density at radius 1 is 1.28 bits per heavy atom. The molecule has 1 atom stereocenters. The molecule has 1 unspecified atom stereocenters. The molecule has 0 aliphatic heterocycles. The maximum Gasteiger partial charge on any atom is 0.254 e. The largest absolute Gasteiger partial charge is 0.400 e. The lowest BCUT2D eigenvalue weighted by molar-refractivity contribution is -0.115. The molecular weight excluding hydrogens is 389 g/mol. The Hall–Kier alpha value is -2.31. The molecule has 4 nitrogen and oxygen atoms in total. The second-order valence-corrected chi connectivity index (χ2v) is 8.45. The summed E-state index contributed by atoms with van der Waals surface area (Å²) in [6.45, 7) is 6.10. The lowest BCUT2D eigenvalue weighted by atomic mass is 9.90. The minimum atomic E-state index is -0.302. The number of allylic oxidation sites excluding steroid dienone is 1. The van der Waals surface area contributed by atoms with Crippen LogP contribution in [0.2, 0.25) is 0 Å². The molecule has 0 saturated carbocycles. The summed E-state index contributed by atoms with van der Waals surface area (Å²) >= 11 is 1.32. The number of aldehydes is 1. The van der Waals surface area contributed by atoms with Gasteiger partial charge in [-0.15, -0.1) is 11.3 Å². The molecule has 29 heavy (non-hydrogen) atoms. The zero-order chi connectivity index (χ0) is 21.6. The summed E-state index contributed by atoms with van der Waals surface area (Å²) < 4.78 is 13.2. The molecule has 3 rings (SSSR count). The predicted octanol–water partition coefficient (Wildman–Crippen LogP) is 5.46. The molecule has 1 heterocycles. The fraction of sp³-hybridized carbons (Fsp3) is 0.391. The minimum absolute atomic E-state index is 0.0246. The Labute approximate surface area is 175 Å². The standard InChI is InChI=1S/C22H24FNO2S.CH4O/c1-14(2)24(22(26)17-6-4-15(3)5-7-17)19-12-20(27-21(19)13-25)16-8-10-18(23)11-9-16;1-2/h6,8-15H,4-5,7H2,1-3H3;2H,1H3. The van der Waals surface area contributed by atoms with Gasteiger partial charge < -0.3 is 10.0 Å². The van der Waals surface area contributed by atoms with Crippen LogP contribution >= 0.6 is 11.3 Å². The fourth-order valence-corrected chi connectivity index (χ4v) is 4.33. The first kappa shape index (κ1) is 23.0. The summed E-state index contributed by atoms with van der Waals surface area (Å²) in [5, 5.41) is 7.00. The van der Waals surface area contributed by atoms with Crippen molar-refractivity contribution >= 4 is 29.2 Å². The van der Waals surface area contributed by atoms with Gasteiger partial charge in [-0.1, -0.05) is 25.1 Å². The van der Waals surface area contributed by atoms with E-state index < -0.39 is 0 Å². The maximum absolute atomic E-state index is 13.2. The summed E-state index contributed by atoms with van der Waals surface area (Å²) in [6.07, 6.45) is 5.54. The van der Waals surface area contributed by atoms with Crippen molar-refractivity contribution in [3.8, 4) is 10.4 Å². The lowest BCUT2D eigenvalue weighted by Crippen LogP contribution is -2.38. The molecule has 1 aliphatic rings. The number of aliphatic hydroxyl groups excluding tert-OH is 1. The van der Waals surface area contributed by atoms with Gasteiger partial charge in [-0.3, -0.25) is 9.59 Å². The summed E-state index contributed by atoms with van der Waals surface area (Å²) in [4.78, 5) is 28.0. The molecule has 0 spiro atoms. The maximum atomic E-state index is 13.2. The van der Waals surface area contributed by atoms with Crippen molar-refractivity contribution in [2.75, 3.05) is 12.0 Å². The predicted molar refractivity (Wildman–Crippen MR) is 117 cm³/mol. The van der Waals surface area contributed by atoms with Gasteiger partial charge in [-0.25, -0.2) is 4.39 Å². The summed E-state index contributed by atoms with van der Waals surface area (Å²) in [6, 6.07) is 7.96. The number of aliphatic hydroxyl groups is 1. The van der Waals surface area contributed by atoms with Crippen molar-refractivity contribution in [3.05, 3.63) is 52.7 Å². The van der Waals surface area contributed by atoms with Crippen LogP contribution in [0, 0.1) is 11.7 Å². The highest BCUT2D eigenvalue weighted by atomic mass is 32.1. The van der Waals surface area contributed by atoms with Crippen molar-refractivity contribution in [1.29, 1.82) is 0 Å². The van der Waals surface area contributed by atoms with Crippen molar-refractivity contribution in [2.45, 2.75) is 46.1 Å². The van der Waals surface area contributed by atoms with Gasteiger partial charge in [0.05, 0.1) is 10.6 Å². The molecule has 1 amide bonds. The number of hydrogen-bond acceptors (Lipinski definition) is 4. The van der Waals surface area contributed by atoms with Crippen LogP contribution in [-0.4, -0.2) is 30.5 Å². The molecule has 1 aromatic carbocycles. The molecule has 156 valence electrons. The minimum Gasteiger partial charge on any atom is -0.400 e. The highest BCUT2D eigenvalue weighted by Gasteiger charge is 2.28. The quantitative estimate of drug-likeness (QED) is 0.657. The van der Waals surface area contributed by atoms with Crippen LogP contribution in [-0.2, 0) is 4.79 Å². The van der Waals surface area contributed by atoms with Gasteiger partial charge in [-0.2, -0.15) is 0 Å². The molecule has 6 heteroatoms. The van der Waals surface area contributed by atoms with Gasteiger partial charge in [0.15, 0.2) is 6.29 Å². The molecule has 2 aromatic rings. The van der Waals surface area contributed by atoms with E-state index in [9.17, 15) is 14.0 Å². The Morgan fingerprint density at radius 2 is 1.93 bits per heavy atom. The third kappa shape index (κ3) is 5.40. The summed E-state index contributed by atoms with van der Waals surface area (Å²) in [5.41, 5.74) is 2.29. The first-order valence-corrected chi connectivity index (χ1v) is 10.5. The van der Waals surface area contributed by atoms with Crippen LogP contribution < -0.4 is 4.90 Å². The number of anilines is 1. The van der Waals surface area contributed by atoms with Crippen LogP contribution in [0.15, 0.2) is 42.0 Å². The smallest absolute Gasteiger partial charge is 0.254 e. The number of rotatable bonds is 5. The highest BCUT2D eigenvalue weighted by molar-refractivity contribution is 7.17. The van der Waals surface area contributed by atoms with E-state index in [1.807, 2.05) is 26.0 Å². The second kappa shape index (κ2) is 10.5. The second-order valence-electron chi connectivity index (χ2n) is 7.36. The molecule has 0 radical (unpaired) electrons. The zero-order valence-corrected chi connectivity index (χ0v) is 18.1. The first-order valence-electron chi connectivity index (χ1n) is 9.73. The van der Waals surface area contributed by atoms with Crippen molar-refractivity contribution in [2.24, 2.45) is 5.92 Å². The molecule has 0 fully saturated rings. The molecular formula is C23H28FNO3S. The number of benzene rings is 1. The highest BCUT2D eigenvalue weighted by Crippen LogP contribution is 2.38. The third-order valence-corrected chi connectivity index (χ3v) is 6.02. The number of halogens is 1. The number of carbonyl (C=O) groups excluding carboxylic acids is 2. The van der Waals surface area contributed by atoms with Gasteiger partial charge in [0, 0.05) is 23.6 Å². The number of hydrogen-bond donors (Lipinski definition) is 1. The molecule has 1 N–H and O–H groups in total. The van der Waals surface area contributed by atoms with Crippen molar-refractivity contribution in [3.63, 3.8) is 0 Å². The molecule has 1 aromatic heterocycles. The average molecular weight is 418 g/mol. The van der Waals surface area contributed by atoms with Crippen LogP contribution in [0.3, 0.4) is 0 Å². The molecule has 1 aliphatic carbocycles. The van der Waals surface area contributed by atoms with E-state index in [2.05, 4.69) is 6.92 Å². The Bertz CT molecular complexity index is 871. The van der Waals surface area contributed by atoms with Crippen LogP contribution in [0.25, 0.3) is 10.4 Å². The fourth-order valence-electron chi connectivity index (χ4n) is 3.36. The Kier molecular flexibility index (Phi) is 8.29. The Balaban J connectivity index is 0.00000145. The van der Waals surface area contributed by atoms with Gasteiger partial charge in [0.1, 0.15) is 5.82 Å². The number of nitrogens with zero attached hydrogens (tertiary/aromatic N) is 1. The summed E-state index contributed by atoms with van der Waals surface area (Å²) in [7, 11) is 1.00. The Morgan fingerprint density at radius 3 is 2.45 bits per heavy atom. The van der Waals surface area contributed by atoms with Crippen molar-refractivity contribution in [1.82, 2.24) is 0 Å². The van der Waals surface area contributed by atoms with Gasteiger partial charge in [0.2, 0.25) is 0 Å². The number of thiophene rings is 1. The van der Waals surface area contributed by atoms with Crippen LogP contribution in [0.4, 0.5) is 10.1 Å². The lowest BCUT2D eigenvalue weighted by Gasteiger charge is -2.29. The zero-order valence-electron chi connectivity index (χ0n) is 17.3. The molecule has 0 saturated heterocycles. The van der Waals surface area contributed by atoms with E-state index in [1.54, 1.807) is 17.0 Å². The first-order chi connectivity index (χ1) is 13.9. The van der Waals surface area contributed by atoms with Crippen molar-refractivity contribution < 1.29 is 19.1 Å².